The summed E-state index contributed by atoms with van der Waals surface area (Å²) < 4.78 is 1.83. The molecule has 1 amide bonds. The number of aliphatic carboxylic acids is 1. The third-order valence-electron chi connectivity index (χ3n) is 5.94. The fourth-order valence-corrected chi connectivity index (χ4v) is 4.66. The summed E-state index contributed by atoms with van der Waals surface area (Å²) in [4.78, 5) is 45.2. The van der Waals surface area contributed by atoms with Crippen LogP contribution in [-0.2, 0) is 4.79 Å². The number of imidazole rings is 1. The van der Waals surface area contributed by atoms with Gasteiger partial charge in [0.2, 0.25) is 0 Å². The molecule has 0 spiro atoms. The van der Waals surface area contributed by atoms with Gasteiger partial charge in [-0.2, -0.15) is 0 Å². The van der Waals surface area contributed by atoms with Gasteiger partial charge in [-0.1, -0.05) is 6.07 Å². The molecule has 2 aliphatic rings. The number of hydrogen-bond acceptors (Lipinski definition) is 5. The topological polar surface area (TPSA) is 120 Å². The van der Waals surface area contributed by atoms with Gasteiger partial charge in [-0.05, 0) is 25.3 Å². The average molecular weight is 399 g/mol. The predicted octanol–water partition coefficient (Wildman–Crippen LogP) is 0.745. The number of aryl methyl sites for hydroxylation is 1. The van der Waals surface area contributed by atoms with E-state index in [-0.39, 0.29) is 35.8 Å². The van der Waals surface area contributed by atoms with Gasteiger partial charge in [0.15, 0.2) is 0 Å². The Bertz CT molecular complexity index is 981. The molecule has 4 heterocycles. The number of carbonyl (C=O) groups excluding carboxylic acids is 1. The fourth-order valence-electron chi connectivity index (χ4n) is 4.66. The van der Waals surface area contributed by atoms with Crippen molar-refractivity contribution in [2.24, 2.45) is 5.92 Å². The number of aromatic amines is 1. The van der Waals surface area contributed by atoms with Gasteiger partial charge in [-0.25, -0.2) is 4.98 Å². The Labute approximate surface area is 167 Å². The first-order chi connectivity index (χ1) is 13.9. The Kier molecular flexibility index (Phi) is 5.23. The number of nitrogens with zero attached hydrogens (tertiary/aromatic N) is 3. The first-order valence-corrected chi connectivity index (χ1v) is 9.87. The second kappa shape index (κ2) is 7.82. The summed E-state index contributed by atoms with van der Waals surface area (Å²) >= 11 is 0. The fraction of sp³-hybridized carbons (Fsp3) is 0.500. The molecule has 0 aromatic carbocycles. The molecule has 154 valence electrons. The van der Waals surface area contributed by atoms with E-state index in [9.17, 15) is 14.4 Å². The molecule has 2 bridgehead atoms. The van der Waals surface area contributed by atoms with E-state index in [4.69, 9.17) is 5.11 Å². The predicted molar refractivity (Wildman–Crippen MR) is 105 cm³/mol. The normalized spacial score (nSPS) is 23.4. The molecule has 2 aromatic rings. The molecule has 1 saturated heterocycles. The number of carboxylic acids is 1. The van der Waals surface area contributed by atoms with Crippen LogP contribution in [0.1, 0.15) is 46.8 Å². The highest BCUT2D eigenvalue weighted by Gasteiger charge is 2.40. The molecule has 9 heteroatoms. The van der Waals surface area contributed by atoms with Crippen LogP contribution in [0, 0.1) is 12.8 Å². The average Bonchev–Trinajstić information content (AvgIpc) is 3.13. The molecule has 29 heavy (non-hydrogen) atoms. The number of carboxylic acid groups (broad SMARTS) is 1. The standard InChI is InChI=1S/C20H25N5O4/c1-12-21-8-15(23-12)20(29)22-9-17-14-7-13(10-24(11-14)6-5-19(27)28)16-3-2-4-18(26)25(16)17/h2-4,8,13-14,17H,5-7,9-11H2,1H3,(H,21,23)(H,22,29)(H,27,28)/t13-,14+,17+/m1/s1. The van der Waals surface area contributed by atoms with Crippen molar-refractivity contribution in [2.75, 3.05) is 26.2 Å². The minimum atomic E-state index is -0.809. The van der Waals surface area contributed by atoms with Gasteiger partial charge in [0.1, 0.15) is 11.5 Å². The van der Waals surface area contributed by atoms with Gasteiger partial charge in [-0.15, -0.1) is 0 Å². The van der Waals surface area contributed by atoms with Crippen molar-refractivity contribution in [3.63, 3.8) is 0 Å². The van der Waals surface area contributed by atoms with Crippen LogP contribution in [0.2, 0.25) is 0 Å². The molecule has 4 rings (SSSR count). The molecular weight excluding hydrogens is 374 g/mol. The van der Waals surface area contributed by atoms with E-state index in [0.717, 1.165) is 18.7 Å². The first-order valence-electron chi connectivity index (χ1n) is 9.87. The maximum atomic E-state index is 12.7. The lowest BCUT2D eigenvalue weighted by Crippen LogP contribution is -2.52. The van der Waals surface area contributed by atoms with Crippen LogP contribution in [0.25, 0.3) is 0 Å². The summed E-state index contributed by atoms with van der Waals surface area (Å²) in [6.45, 7) is 4.07. The number of pyridine rings is 1. The summed E-state index contributed by atoms with van der Waals surface area (Å²) in [5.41, 5.74) is 1.29. The number of likely N-dealkylation sites (tertiary alicyclic amines) is 1. The van der Waals surface area contributed by atoms with E-state index < -0.39 is 5.97 Å². The Morgan fingerprint density at radius 1 is 1.34 bits per heavy atom. The lowest BCUT2D eigenvalue weighted by Gasteiger charge is -2.47. The number of hydrogen-bond donors (Lipinski definition) is 3. The molecule has 9 nitrogen and oxygen atoms in total. The number of nitrogens with one attached hydrogen (secondary N) is 2. The van der Waals surface area contributed by atoms with Crippen molar-refractivity contribution < 1.29 is 14.7 Å². The highest BCUT2D eigenvalue weighted by molar-refractivity contribution is 5.92. The van der Waals surface area contributed by atoms with Gasteiger partial charge in [-0.3, -0.25) is 14.4 Å². The van der Waals surface area contributed by atoms with Crippen LogP contribution in [0.15, 0.2) is 29.2 Å². The van der Waals surface area contributed by atoms with Crippen LogP contribution in [0.5, 0.6) is 0 Å². The second-order valence-corrected chi connectivity index (χ2v) is 7.91. The van der Waals surface area contributed by atoms with E-state index in [0.29, 0.717) is 31.2 Å². The molecule has 0 radical (unpaired) electrons. The minimum absolute atomic E-state index is 0.0622. The Hall–Kier alpha value is -2.94. The number of carbonyl (C=O) groups is 2. The highest BCUT2D eigenvalue weighted by atomic mass is 16.4. The third kappa shape index (κ3) is 3.95. The molecule has 3 atom stereocenters. The van der Waals surface area contributed by atoms with Crippen molar-refractivity contribution >= 4 is 11.9 Å². The zero-order valence-corrected chi connectivity index (χ0v) is 16.3. The number of aromatic nitrogens is 3. The quantitative estimate of drug-likeness (QED) is 0.659. The maximum absolute atomic E-state index is 12.7. The number of amides is 1. The van der Waals surface area contributed by atoms with Crippen molar-refractivity contribution in [3.8, 4) is 0 Å². The second-order valence-electron chi connectivity index (χ2n) is 7.91. The van der Waals surface area contributed by atoms with Gasteiger partial charge >= 0.3 is 5.97 Å². The summed E-state index contributed by atoms with van der Waals surface area (Å²) in [6, 6.07) is 5.12. The molecular formula is C20H25N5O4. The Balaban J connectivity index is 1.56. The summed E-state index contributed by atoms with van der Waals surface area (Å²) in [5.74, 6) is -0.0380. The molecule has 1 fully saturated rings. The smallest absolute Gasteiger partial charge is 0.304 e. The van der Waals surface area contributed by atoms with Crippen LogP contribution < -0.4 is 10.9 Å². The minimum Gasteiger partial charge on any atom is -0.481 e. The van der Waals surface area contributed by atoms with Crippen molar-refractivity contribution in [1.82, 2.24) is 24.8 Å². The Morgan fingerprint density at radius 3 is 2.90 bits per heavy atom. The van der Waals surface area contributed by atoms with Crippen LogP contribution in [0.3, 0.4) is 0 Å². The SMILES string of the molecule is Cc1ncc(C(=O)NC[C@H]2[C@H]3C[C@H](CN(CCC(=O)O)C3)c3cccc(=O)n32)[nH]1. The zero-order chi connectivity index (χ0) is 20.5. The van der Waals surface area contributed by atoms with Gasteiger partial charge in [0.25, 0.3) is 11.5 Å². The summed E-state index contributed by atoms with van der Waals surface area (Å²) in [6.07, 6.45) is 2.52. The van der Waals surface area contributed by atoms with E-state index in [1.807, 2.05) is 10.6 Å². The van der Waals surface area contributed by atoms with Crippen molar-refractivity contribution in [1.29, 1.82) is 0 Å². The molecule has 0 aliphatic carbocycles. The molecule has 0 saturated carbocycles. The van der Waals surface area contributed by atoms with Gasteiger partial charge in [0, 0.05) is 43.9 Å². The number of piperidine rings is 1. The van der Waals surface area contributed by atoms with Crippen LogP contribution in [-0.4, -0.2) is 62.6 Å². The van der Waals surface area contributed by atoms with E-state index in [2.05, 4.69) is 20.2 Å². The van der Waals surface area contributed by atoms with E-state index >= 15 is 0 Å². The number of fused-ring (bicyclic) bond motifs is 4. The lowest BCUT2D eigenvalue weighted by atomic mass is 9.78. The first kappa shape index (κ1) is 19.4. The monoisotopic (exact) mass is 399 g/mol. The summed E-state index contributed by atoms with van der Waals surface area (Å²) in [5, 5.41) is 12.0. The van der Waals surface area contributed by atoms with E-state index in [1.165, 1.54) is 6.20 Å². The number of H-pyrrole nitrogens is 1. The molecule has 0 unspecified atom stereocenters. The van der Waals surface area contributed by atoms with Gasteiger partial charge in [0.05, 0.1) is 18.7 Å². The van der Waals surface area contributed by atoms with Crippen LogP contribution >= 0.6 is 0 Å². The summed E-state index contributed by atoms with van der Waals surface area (Å²) in [7, 11) is 0. The van der Waals surface area contributed by atoms with E-state index in [1.54, 1.807) is 19.1 Å². The largest absolute Gasteiger partial charge is 0.481 e. The molecule has 2 aromatic heterocycles. The number of rotatable bonds is 6. The lowest BCUT2D eigenvalue weighted by molar-refractivity contribution is -0.137. The molecule has 3 N–H and O–H groups in total. The van der Waals surface area contributed by atoms with Gasteiger partial charge < -0.3 is 24.9 Å². The Morgan fingerprint density at radius 2 is 2.17 bits per heavy atom. The zero-order valence-electron chi connectivity index (χ0n) is 16.3. The third-order valence-corrected chi connectivity index (χ3v) is 5.94. The highest BCUT2D eigenvalue weighted by Crippen LogP contribution is 2.40. The molecule has 2 aliphatic heterocycles. The van der Waals surface area contributed by atoms with Crippen molar-refractivity contribution in [2.45, 2.75) is 31.7 Å². The van der Waals surface area contributed by atoms with Crippen molar-refractivity contribution in [3.05, 3.63) is 52.0 Å². The maximum Gasteiger partial charge on any atom is 0.304 e. The van der Waals surface area contributed by atoms with Crippen LogP contribution in [0.4, 0.5) is 0 Å².